The number of hydrogen-bond acceptors (Lipinski definition) is 20. The maximum absolute atomic E-state index is 13.5. The van der Waals surface area contributed by atoms with E-state index in [1.807, 2.05) is 63.2 Å². The van der Waals surface area contributed by atoms with Crippen LogP contribution in [0.3, 0.4) is 0 Å². The summed E-state index contributed by atoms with van der Waals surface area (Å²) in [7, 11) is -16.9. The number of para-hydroxylation sites is 1. The van der Waals surface area contributed by atoms with Crippen LogP contribution in [0.5, 0.6) is 0 Å². The number of fused-ring (bicyclic) bond motifs is 1. The molecular formula is C77H60F8Ir5N10O15S5-4. The maximum atomic E-state index is 13.5. The van der Waals surface area contributed by atoms with Gasteiger partial charge in [0.25, 0.3) is 0 Å². The molecule has 120 heavy (non-hydrogen) atoms. The Hall–Kier alpha value is -9.25. The zero-order chi connectivity index (χ0) is 84.7. The number of halogens is 8. The molecular weight excluding hydrogens is 2580 g/mol. The topological polar surface area (TPSA) is 391 Å². The summed E-state index contributed by atoms with van der Waals surface area (Å²) in [5, 5.41) is -0.786. The van der Waals surface area contributed by atoms with Crippen LogP contribution in [0.2, 0.25) is 0 Å². The molecule has 43 heteroatoms. The van der Waals surface area contributed by atoms with Crippen molar-refractivity contribution in [3.63, 3.8) is 0 Å². The second-order valence-electron chi connectivity index (χ2n) is 22.5. The van der Waals surface area contributed by atoms with Gasteiger partial charge in [0.1, 0.15) is 0 Å². The Bertz CT molecular complexity index is 5820. The van der Waals surface area contributed by atoms with E-state index in [1.54, 1.807) is 104 Å². The maximum Gasteiger partial charge on any atom is 0.312 e. The van der Waals surface area contributed by atoms with Crippen molar-refractivity contribution in [3.8, 4) is 45.0 Å². The summed E-state index contributed by atoms with van der Waals surface area (Å²) in [6, 6.07) is 60.6. The van der Waals surface area contributed by atoms with Gasteiger partial charge >= 0.3 is 50.6 Å². The van der Waals surface area contributed by atoms with Crippen LogP contribution in [-0.2, 0) is 151 Å². The summed E-state index contributed by atoms with van der Waals surface area (Å²) < 4.78 is 251. The number of nitrogens with zero attached hydrogens (tertiary/aromatic N) is 10. The molecule has 0 saturated carbocycles. The molecule has 9 heterocycles. The van der Waals surface area contributed by atoms with E-state index in [9.17, 15) is 77.2 Å². The SMILES string of the molecule is CN(C)c1ccnc(-c2[c-]cc(F)cc2F)c1.Cc1ccnc(-c2[c-]cc(F)cc2F)c1.Cc1ccnc(-c2[c-]cc(F)cc2F)c1.Fc1c[c-]c(-c2ccccn2)c(F)c1.O=S(=O)(O)c1ccc2ccccc2n1.O=S(=O)(O)c1ccccn1.O=S(=O)(O)c1ccccn1.O=S(=O)(O)c1ccccn1.O=S(=O)(O)c1ccccn1.[Ir].[Ir].[Ir].[Ir].[Ir]. The number of rotatable bonds is 10. The van der Waals surface area contributed by atoms with Gasteiger partial charge in [0.05, 0.1) is 5.52 Å². The van der Waals surface area contributed by atoms with Gasteiger partial charge in [-0.1, -0.05) is 130 Å². The van der Waals surface area contributed by atoms with Crippen molar-refractivity contribution in [3.05, 3.63) is 344 Å². The first-order valence-electron chi connectivity index (χ1n) is 31.9. The van der Waals surface area contributed by atoms with E-state index in [0.717, 1.165) is 70.7 Å². The smallest absolute Gasteiger partial charge is 0.312 e. The molecule has 14 rings (SSSR count). The number of pyridine rings is 9. The van der Waals surface area contributed by atoms with Crippen molar-refractivity contribution >= 4 is 67.2 Å². The molecule has 25 nitrogen and oxygen atoms in total. The van der Waals surface area contributed by atoms with Crippen molar-refractivity contribution in [2.75, 3.05) is 19.0 Å². The Labute approximate surface area is 752 Å². The Balaban J connectivity index is 0.000000676. The predicted molar refractivity (Wildman–Crippen MR) is 405 cm³/mol. The first-order valence-corrected chi connectivity index (χ1v) is 39.1. The average Bonchev–Trinajstić information content (AvgIpc) is 0.826. The predicted octanol–water partition coefficient (Wildman–Crippen LogP) is 14.8. The second-order valence-corrected chi connectivity index (χ2v) is 29.3. The Kier molecular flexibility index (Phi) is 47.3. The number of anilines is 1. The third-order valence-electron chi connectivity index (χ3n) is 13.7. The van der Waals surface area contributed by atoms with E-state index in [2.05, 4.69) is 69.1 Å². The molecule has 0 aliphatic rings. The molecule has 0 aliphatic carbocycles. The van der Waals surface area contributed by atoms with Gasteiger partial charge in [0, 0.05) is 222 Å². The zero-order valence-electron chi connectivity index (χ0n) is 61.3. The quantitative estimate of drug-likeness (QED) is 0.0482. The van der Waals surface area contributed by atoms with Crippen molar-refractivity contribution in [2.24, 2.45) is 0 Å². The van der Waals surface area contributed by atoms with Crippen LogP contribution in [0, 0.1) is 84.7 Å². The van der Waals surface area contributed by atoms with Gasteiger partial charge in [-0.05, 0) is 128 Å². The van der Waals surface area contributed by atoms with E-state index < -0.39 is 97.1 Å². The number of aryl methyl sites for hydroxylation is 2. The van der Waals surface area contributed by atoms with E-state index in [1.165, 1.54) is 79.4 Å². The monoisotopic (exact) mass is 2640 g/mol. The second kappa shape index (κ2) is 52.2. The summed E-state index contributed by atoms with van der Waals surface area (Å²) in [5.41, 5.74) is 5.95. The Morgan fingerprint density at radius 2 is 0.567 bits per heavy atom. The molecule has 0 aliphatic heterocycles. The van der Waals surface area contributed by atoms with Gasteiger partial charge in [0.2, 0.25) is 0 Å². The fourth-order valence-electron chi connectivity index (χ4n) is 8.45. The Morgan fingerprint density at radius 1 is 0.292 bits per heavy atom. The van der Waals surface area contributed by atoms with Crippen molar-refractivity contribution < 1.29 is 201 Å². The van der Waals surface area contributed by atoms with Gasteiger partial charge in [-0.2, -0.15) is 42.1 Å². The first-order chi connectivity index (χ1) is 54.2. The molecule has 5 aromatic carbocycles. The minimum absolute atomic E-state index is 0. The summed E-state index contributed by atoms with van der Waals surface area (Å²) in [4.78, 5) is 35.4. The third-order valence-corrected chi connectivity index (χ3v) is 17.5. The molecule has 5 N–H and O–H groups in total. The molecule has 5 radical (unpaired) electrons. The fraction of sp³-hybridized carbons (Fsp3) is 0.0519. The summed E-state index contributed by atoms with van der Waals surface area (Å²) in [6.45, 7) is 3.76. The van der Waals surface area contributed by atoms with Crippen LogP contribution in [0.25, 0.3) is 55.9 Å². The standard InChI is InChI=1S/C13H11F2N2.2C12H8F2N.C11H6F2N.C9H7NO3S.4C5H5NO3S.5Ir/c1-17(2)10-5-6-16-13(8-10)11-4-3-9(14)7-12(11)15;2*1-8-4-5-15-12(6-8)10-3-2-9(13)7-11(10)14;12-8-4-5-9(10(13)7-8)11-3-1-2-6-14-11;11-14(12,13)9-6-5-7-3-1-2-4-8(7)10-9;4*7-10(8,9)5-3-1-2-4-6-5;;;;;/h3,5-8H,1-2H3;2*2,4-7H,1H3;1-4,6-7H;1-6H,(H,11,12,13);4*1-4H,(H,7,8,9);;;;;/q4*-1;;;;;;;;;;. The Morgan fingerprint density at radius 3 is 0.833 bits per heavy atom. The first kappa shape index (κ1) is 109. The zero-order valence-corrected chi connectivity index (χ0v) is 77.4. The molecule has 0 unspecified atom stereocenters. The molecule has 0 saturated heterocycles. The normalized spacial score (nSPS) is 10.4. The molecule has 0 spiro atoms. The molecule has 9 aromatic heterocycles. The van der Waals surface area contributed by atoms with E-state index >= 15 is 0 Å². The molecule has 0 atom stereocenters. The van der Waals surface area contributed by atoms with Crippen LogP contribution in [0.4, 0.5) is 40.8 Å². The van der Waals surface area contributed by atoms with Crippen LogP contribution in [-0.4, -0.2) is 124 Å². The van der Waals surface area contributed by atoms with Gasteiger partial charge in [-0.15, -0.1) is 48.5 Å². The van der Waals surface area contributed by atoms with Gasteiger partial charge in [0.15, 0.2) is 25.1 Å². The number of benzene rings is 5. The third kappa shape index (κ3) is 37.8. The summed E-state index contributed by atoms with van der Waals surface area (Å²) in [5.74, 6) is -5.15. The van der Waals surface area contributed by atoms with E-state index in [4.69, 9.17) is 22.8 Å². The van der Waals surface area contributed by atoms with Crippen LogP contribution in [0.1, 0.15) is 11.1 Å². The van der Waals surface area contributed by atoms with E-state index in [0.29, 0.717) is 28.3 Å². The number of hydrogen-bond donors (Lipinski definition) is 5. The van der Waals surface area contributed by atoms with Gasteiger partial charge < -0.3 is 24.8 Å². The van der Waals surface area contributed by atoms with Crippen LogP contribution < -0.4 is 4.90 Å². The van der Waals surface area contributed by atoms with Crippen LogP contribution >= 0.6 is 0 Å². The summed E-state index contributed by atoms with van der Waals surface area (Å²) in [6.07, 6.45) is 11.5. The minimum Gasteiger partial charge on any atom is -0.378 e. The molecule has 0 amide bonds. The number of aromatic nitrogens is 9. The molecule has 14 aromatic rings. The van der Waals surface area contributed by atoms with Crippen LogP contribution in [0.15, 0.2) is 287 Å². The molecule has 0 fully saturated rings. The van der Waals surface area contributed by atoms with Crippen molar-refractivity contribution in [1.82, 2.24) is 44.9 Å². The molecule has 643 valence electrons. The average molecular weight is 2640 g/mol. The van der Waals surface area contributed by atoms with Crippen molar-refractivity contribution in [1.29, 1.82) is 0 Å². The van der Waals surface area contributed by atoms with E-state index in [-0.39, 0.29) is 148 Å². The summed E-state index contributed by atoms with van der Waals surface area (Å²) >= 11 is 0. The minimum atomic E-state index is -4.21. The van der Waals surface area contributed by atoms with Gasteiger partial charge in [-0.25, -0.2) is 24.9 Å². The largest absolute Gasteiger partial charge is 0.378 e. The molecule has 0 bridgehead atoms. The van der Waals surface area contributed by atoms with Gasteiger partial charge in [-0.3, -0.25) is 57.9 Å². The fourth-order valence-corrected chi connectivity index (χ4v) is 10.7. The van der Waals surface area contributed by atoms with Crippen molar-refractivity contribution in [2.45, 2.75) is 39.0 Å².